The third-order valence-corrected chi connectivity index (χ3v) is 5.51. The molecule has 0 amide bonds. The van der Waals surface area contributed by atoms with Gasteiger partial charge in [0.25, 0.3) is 0 Å². The highest BCUT2D eigenvalue weighted by Crippen LogP contribution is 2.34. The maximum absolute atomic E-state index is 13.7. The van der Waals surface area contributed by atoms with Gasteiger partial charge in [0.1, 0.15) is 53.3 Å². The summed E-state index contributed by atoms with van der Waals surface area (Å²) in [5.41, 5.74) is 1.60. The van der Waals surface area contributed by atoms with Crippen LogP contribution in [0.25, 0.3) is 11.1 Å². The summed E-state index contributed by atoms with van der Waals surface area (Å²) in [6.45, 7) is 1.04. The fraction of sp³-hybridized carbons (Fsp3) is 0.400. The monoisotopic (exact) mass is 430 g/mol. The van der Waals surface area contributed by atoms with E-state index < -0.39 is 59.9 Å². The lowest BCUT2D eigenvalue weighted by molar-refractivity contribution is -0.250. The summed E-state index contributed by atoms with van der Waals surface area (Å²) in [7, 11) is 0. The number of hydrogen-bond donors (Lipinski definition) is 5. The minimum absolute atomic E-state index is 0.251. The summed E-state index contributed by atoms with van der Waals surface area (Å²) in [5.74, 6) is -1.80. The highest BCUT2D eigenvalue weighted by Gasteiger charge is 2.46. The Morgan fingerprint density at radius 3 is 2.17 bits per heavy atom. The second kappa shape index (κ2) is 8.61. The summed E-state index contributed by atoms with van der Waals surface area (Å²) in [6, 6.07) is 6.80. The van der Waals surface area contributed by atoms with Gasteiger partial charge in [-0.3, -0.25) is 0 Å². The first-order valence-corrected chi connectivity index (χ1v) is 9.27. The van der Waals surface area contributed by atoms with Crippen LogP contribution in [-0.2, 0) is 4.74 Å². The molecule has 6 nitrogen and oxygen atoms in total. The van der Waals surface area contributed by atoms with Crippen LogP contribution in [0.5, 0.6) is 0 Å². The molecule has 0 saturated carbocycles. The molecular formula is C20H21ClF2O6. The van der Waals surface area contributed by atoms with Crippen molar-refractivity contribution < 1.29 is 39.1 Å². The van der Waals surface area contributed by atoms with E-state index in [9.17, 15) is 34.3 Å². The third kappa shape index (κ3) is 4.15. The van der Waals surface area contributed by atoms with Crippen LogP contribution in [0.4, 0.5) is 8.78 Å². The van der Waals surface area contributed by atoms with E-state index in [0.717, 1.165) is 12.1 Å². The van der Waals surface area contributed by atoms with E-state index in [4.69, 9.17) is 16.3 Å². The molecular weight excluding hydrogens is 410 g/mol. The van der Waals surface area contributed by atoms with Gasteiger partial charge in [0, 0.05) is 0 Å². The molecule has 0 bridgehead atoms. The maximum Gasteiger partial charge on any atom is 0.145 e. The number of halogens is 3. The molecule has 1 aliphatic rings. The van der Waals surface area contributed by atoms with E-state index in [-0.39, 0.29) is 5.56 Å². The van der Waals surface area contributed by atoms with Crippen molar-refractivity contribution in [2.45, 2.75) is 43.5 Å². The molecule has 5 N–H and O–H groups in total. The largest absolute Gasteiger partial charge is 0.394 e. The molecule has 0 aliphatic carbocycles. The minimum atomic E-state index is -1.61. The van der Waals surface area contributed by atoms with E-state index in [1.165, 1.54) is 12.1 Å². The first-order chi connectivity index (χ1) is 13.6. The lowest BCUT2D eigenvalue weighted by Crippen LogP contribution is -2.59. The lowest BCUT2D eigenvalue weighted by Gasteiger charge is -2.42. The fourth-order valence-electron chi connectivity index (χ4n) is 3.48. The van der Waals surface area contributed by atoms with Crippen molar-refractivity contribution in [1.29, 1.82) is 0 Å². The van der Waals surface area contributed by atoms with E-state index in [2.05, 4.69) is 0 Å². The zero-order chi connectivity index (χ0) is 21.5. The third-order valence-electron chi connectivity index (χ3n) is 5.15. The highest BCUT2D eigenvalue weighted by atomic mass is 35.5. The number of hydrogen-bond acceptors (Lipinski definition) is 6. The molecule has 6 atom stereocenters. The van der Waals surface area contributed by atoms with Gasteiger partial charge in [-0.2, -0.15) is 0 Å². The molecule has 2 aromatic carbocycles. The predicted octanol–water partition coefficient (Wildman–Crippen LogP) is 1.47. The average Bonchev–Trinajstić information content (AvgIpc) is 2.69. The van der Waals surface area contributed by atoms with Gasteiger partial charge in [-0.25, -0.2) is 8.78 Å². The van der Waals surface area contributed by atoms with Gasteiger partial charge >= 0.3 is 0 Å². The maximum atomic E-state index is 13.7. The Hall–Kier alpha value is -1.65. The Morgan fingerprint density at radius 2 is 1.62 bits per heavy atom. The van der Waals surface area contributed by atoms with E-state index in [1.54, 1.807) is 13.0 Å². The standard InChI is InChI=1S/C20H21ClF2O6/c1-8-4-9(10-5-12(22)15(21)13(23)6-10)2-3-11(8)16(25)20-19(28)18(27)17(26)14(7-24)29-20/h2-6,14,16-20,24-28H,7H2,1H3/t14?,16-,17-,18+,19?,20-/m1/s1. The number of aliphatic hydroxyl groups is 5. The molecule has 2 unspecified atom stereocenters. The first-order valence-electron chi connectivity index (χ1n) is 8.89. The van der Waals surface area contributed by atoms with Crippen LogP contribution in [0.1, 0.15) is 17.2 Å². The van der Waals surface area contributed by atoms with Gasteiger partial charge in [-0.1, -0.05) is 29.8 Å². The van der Waals surface area contributed by atoms with Crippen molar-refractivity contribution in [3.63, 3.8) is 0 Å². The van der Waals surface area contributed by atoms with E-state index >= 15 is 0 Å². The summed E-state index contributed by atoms with van der Waals surface area (Å²) < 4.78 is 32.9. The van der Waals surface area contributed by atoms with Crippen molar-refractivity contribution in [3.05, 3.63) is 58.1 Å². The second-order valence-corrected chi connectivity index (χ2v) is 7.44. The molecule has 158 valence electrons. The van der Waals surface area contributed by atoms with E-state index in [1.807, 2.05) is 0 Å². The van der Waals surface area contributed by atoms with Gasteiger partial charge in [0.15, 0.2) is 0 Å². The van der Waals surface area contributed by atoms with Crippen LogP contribution in [0.15, 0.2) is 30.3 Å². The van der Waals surface area contributed by atoms with Crippen LogP contribution in [-0.4, -0.2) is 62.7 Å². The average molecular weight is 431 g/mol. The van der Waals surface area contributed by atoms with Crippen LogP contribution in [0.3, 0.4) is 0 Å². The molecule has 1 heterocycles. The van der Waals surface area contributed by atoms with Gasteiger partial charge < -0.3 is 30.3 Å². The van der Waals surface area contributed by atoms with Crippen molar-refractivity contribution in [1.82, 2.24) is 0 Å². The number of rotatable bonds is 4. The van der Waals surface area contributed by atoms with Crippen molar-refractivity contribution in [2.75, 3.05) is 6.61 Å². The molecule has 0 radical (unpaired) electrons. The number of ether oxygens (including phenoxy) is 1. The zero-order valence-electron chi connectivity index (χ0n) is 15.3. The quantitative estimate of drug-likeness (QED) is 0.470. The van der Waals surface area contributed by atoms with Crippen LogP contribution in [0.2, 0.25) is 5.02 Å². The minimum Gasteiger partial charge on any atom is -0.394 e. The second-order valence-electron chi connectivity index (χ2n) is 7.06. The molecule has 1 saturated heterocycles. The summed E-state index contributed by atoms with van der Waals surface area (Å²) in [4.78, 5) is 0. The lowest BCUT2D eigenvalue weighted by atomic mass is 9.88. The molecule has 1 aliphatic heterocycles. The smallest absolute Gasteiger partial charge is 0.145 e. The summed E-state index contributed by atoms with van der Waals surface area (Å²) >= 11 is 5.50. The predicted molar refractivity (Wildman–Crippen MR) is 100 cm³/mol. The van der Waals surface area contributed by atoms with Crippen molar-refractivity contribution >= 4 is 11.6 Å². The van der Waals surface area contributed by atoms with Gasteiger partial charge in [0.2, 0.25) is 0 Å². The highest BCUT2D eigenvalue weighted by molar-refractivity contribution is 6.31. The normalized spacial score (nSPS) is 28.4. The molecule has 9 heteroatoms. The zero-order valence-corrected chi connectivity index (χ0v) is 16.1. The number of benzene rings is 2. The first kappa shape index (κ1) is 22.0. The van der Waals surface area contributed by atoms with Crippen LogP contribution in [0, 0.1) is 18.6 Å². The fourth-order valence-corrected chi connectivity index (χ4v) is 3.59. The Labute approximate surface area is 170 Å². The topological polar surface area (TPSA) is 110 Å². The SMILES string of the molecule is Cc1cc(-c2cc(F)c(Cl)c(F)c2)ccc1[C@@H](O)[C@H]1OC(CO)[C@@H](O)[C@H](O)C1O. The molecule has 1 fully saturated rings. The van der Waals surface area contributed by atoms with E-state index in [0.29, 0.717) is 16.7 Å². The summed E-state index contributed by atoms with van der Waals surface area (Å²) in [6.07, 6.45) is -8.58. The molecule has 0 spiro atoms. The Bertz CT molecular complexity index is 870. The Balaban J connectivity index is 1.90. The van der Waals surface area contributed by atoms with Crippen molar-refractivity contribution in [2.24, 2.45) is 0 Å². The Morgan fingerprint density at radius 1 is 1.00 bits per heavy atom. The van der Waals surface area contributed by atoms with Gasteiger partial charge in [-0.15, -0.1) is 0 Å². The van der Waals surface area contributed by atoms with Gasteiger partial charge in [0.05, 0.1) is 6.61 Å². The van der Waals surface area contributed by atoms with Crippen molar-refractivity contribution in [3.8, 4) is 11.1 Å². The molecule has 3 rings (SSSR count). The van der Waals surface area contributed by atoms with Crippen LogP contribution < -0.4 is 0 Å². The molecule has 0 aromatic heterocycles. The Kier molecular flexibility index (Phi) is 6.54. The van der Waals surface area contributed by atoms with Crippen LogP contribution >= 0.6 is 11.6 Å². The number of aryl methyl sites for hydroxylation is 1. The molecule has 29 heavy (non-hydrogen) atoms. The number of aliphatic hydroxyl groups excluding tert-OH is 5. The summed E-state index contributed by atoms with van der Waals surface area (Å²) in [5, 5.41) is 49.4. The molecule has 2 aromatic rings. The van der Waals surface area contributed by atoms with Gasteiger partial charge in [-0.05, 0) is 41.3 Å².